The highest BCUT2D eigenvalue weighted by Crippen LogP contribution is 2.35. The van der Waals surface area contributed by atoms with Crippen molar-refractivity contribution in [1.29, 1.82) is 0 Å². The van der Waals surface area contributed by atoms with Crippen molar-refractivity contribution in [2.75, 3.05) is 13.7 Å². The SMILES string of the molecule is CN1C=CCC(C(=O)O[C@H]2[C@@H](OC(=O)C(C)(C)C)[C@H](n3cnc(C(N)=O)n3)O[C@@H]2CO)=C1. The van der Waals surface area contributed by atoms with Gasteiger partial charge in [0.1, 0.15) is 12.4 Å². The molecule has 3 rings (SSSR count). The van der Waals surface area contributed by atoms with Gasteiger partial charge in [-0.3, -0.25) is 9.59 Å². The number of ether oxygens (including phenoxy) is 3. The van der Waals surface area contributed by atoms with Crippen molar-refractivity contribution in [2.24, 2.45) is 11.1 Å². The number of nitrogens with two attached hydrogens (primary N) is 1. The lowest BCUT2D eigenvalue weighted by Gasteiger charge is -2.27. The van der Waals surface area contributed by atoms with Gasteiger partial charge < -0.3 is 30.0 Å². The average Bonchev–Trinajstić information content (AvgIpc) is 3.33. The number of nitrogens with zero attached hydrogens (tertiary/aromatic N) is 4. The third-order valence-corrected chi connectivity index (χ3v) is 4.85. The maximum atomic E-state index is 12.8. The van der Waals surface area contributed by atoms with Crippen LogP contribution >= 0.6 is 0 Å². The second kappa shape index (κ2) is 9.09. The summed E-state index contributed by atoms with van der Waals surface area (Å²) in [4.78, 5) is 42.3. The number of aliphatic hydroxyl groups excluding tert-OH is 1. The number of carbonyl (C=O) groups excluding carboxylic acids is 3. The molecule has 0 spiro atoms. The Bertz CT molecular complexity index is 948. The van der Waals surface area contributed by atoms with Crippen LogP contribution in [0.2, 0.25) is 0 Å². The Hall–Kier alpha value is -3.25. The van der Waals surface area contributed by atoms with E-state index in [0.29, 0.717) is 12.0 Å². The van der Waals surface area contributed by atoms with E-state index in [1.54, 1.807) is 51.2 Å². The number of aliphatic hydroxyl groups is 1. The van der Waals surface area contributed by atoms with Crippen LogP contribution in [0.25, 0.3) is 0 Å². The summed E-state index contributed by atoms with van der Waals surface area (Å²) in [5.74, 6) is -2.33. The van der Waals surface area contributed by atoms with Gasteiger partial charge in [0.2, 0.25) is 5.82 Å². The third-order valence-electron chi connectivity index (χ3n) is 4.85. The highest BCUT2D eigenvalue weighted by molar-refractivity contribution is 5.89. The second-order valence-corrected chi connectivity index (χ2v) is 8.56. The number of hydrogen-bond donors (Lipinski definition) is 2. The van der Waals surface area contributed by atoms with Gasteiger partial charge in [-0.1, -0.05) is 6.08 Å². The van der Waals surface area contributed by atoms with Crippen molar-refractivity contribution in [1.82, 2.24) is 19.7 Å². The molecule has 0 saturated carbocycles. The number of allylic oxidation sites excluding steroid dienone is 1. The highest BCUT2D eigenvalue weighted by Gasteiger charge is 2.51. The van der Waals surface area contributed by atoms with Crippen LogP contribution in [-0.2, 0) is 23.8 Å². The molecule has 32 heavy (non-hydrogen) atoms. The molecule has 2 aliphatic rings. The van der Waals surface area contributed by atoms with Gasteiger partial charge >= 0.3 is 11.9 Å². The van der Waals surface area contributed by atoms with Gasteiger partial charge in [0.15, 0.2) is 18.4 Å². The number of aromatic nitrogens is 3. The van der Waals surface area contributed by atoms with Crippen LogP contribution in [0.5, 0.6) is 0 Å². The average molecular weight is 449 g/mol. The number of hydrogen-bond acceptors (Lipinski definition) is 10. The smallest absolute Gasteiger partial charge is 0.336 e. The monoisotopic (exact) mass is 449 g/mol. The lowest BCUT2D eigenvalue weighted by atomic mass is 9.97. The molecule has 4 atom stereocenters. The molecular formula is C20H27N5O7. The van der Waals surface area contributed by atoms with Crippen molar-refractivity contribution in [3.8, 4) is 0 Å². The van der Waals surface area contributed by atoms with Crippen molar-refractivity contribution >= 4 is 17.8 Å². The van der Waals surface area contributed by atoms with Crippen LogP contribution < -0.4 is 5.73 Å². The zero-order valence-electron chi connectivity index (χ0n) is 18.3. The predicted octanol–water partition coefficient (Wildman–Crippen LogP) is -0.130. The van der Waals surface area contributed by atoms with E-state index in [2.05, 4.69) is 10.1 Å². The quantitative estimate of drug-likeness (QED) is 0.560. The Morgan fingerprint density at radius 1 is 1.28 bits per heavy atom. The fraction of sp³-hybridized carbons (Fsp3) is 0.550. The minimum absolute atomic E-state index is 0.266. The van der Waals surface area contributed by atoms with E-state index >= 15 is 0 Å². The van der Waals surface area contributed by atoms with E-state index < -0.39 is 54.4 Å². The maximum Gasteiger partial charge on any atom is 0.336 e. The summed E-state index contributed by atoms with van der Waals surface area (Å²) in [6.45, 7) is 4.48. The summed E-state index contributed by atoms with van der Waals surface area (Å²) in [7, 11) is 1.77. The minimum Gasteiger partial charge on any atom is -0.453 e. The van der Waals surface area contributed by atoms with Crippen LogP contribution in [0.1, 0.15) is 44.0 Å². The van der Waals surface area contributed by atoms with Gasteiger partial charge in [-0.05, 0) is 27.0 Å². The molecule has 1 fully saturated rings. The molecular weight excluding hydrogens is 422 g/mol. The molecule has 3 N–H and O–H groups in total. The molecule has 0 unspecified atom stereocenters. The fourth-order valence-corrected chi connectivity index (χ4v) is 3.17. The van der Waals surface area contributed by atoms with E-state index in [9.17, 15) is 19.5 Å². The van der Waals surface area contributed by atoms with Gasteiger partial charge in [-0.25, -0.2) is 14.5 Å². The maximum absolute atomic E-state index is 12.8. The summed E-state index contributed by atoms with van der Waals surface area (Å²) in [6, 6.07) is 0. The van der Waals surface area contributed by atoms with Crippen molar-refractivity contribution < 1.29 is 33.7 Å². The third kappa shape index (κ3) is 4.97. The molecule has 0 bridgehead atoms. The van der Waals surface area contributed by atoms with Crippen molar-refractivity contribution in [3.05, 3.63) is 36.2 Å². The van der Waals surface area contributed by atoms with Gasteiger partial charge in [-0.2, -0.15) is 0 Å². The van der Waals surface area contributed by atoms with Gasteiger partial charge in [-0.15, -0.1) is 5.10 Å². The summed E-state index contributed by atoms with van der Waals surface area (Å²) < 4.78 is 18.3. The van der Waals surface area contributed by atoms with E-state index in [1.165, 1.54) is 6.33 Å². The topological polar surface area (TPSA) is 159 Å². The van der Waals surface area contributed by atoms with Crippen molar-refractivity contribution in [3.63, 3.8) is 0 Å². The fourth-order valence-electron chi connectivity index (χ4n) is 3.17. The van der Waals surface area contributed by atoms with Gasteiger partial charge in [0.25, 0.3) is 5.91 Å². The summed E-state index contributed by atoms with van der Waals surface area (Å²) >= 11 is 0. The molecule has 12 nitrogen and oxygen atoms in total. The number of esters is 2. The van der Waals surface area contributed by atoms with E-state index in [0.717, 1.165) is 4.68 Å². The molecule has 1 amide bonds. The van der Waals surface area contributed by atoms with Crippen LogP contribution in [0.15, 0.2) is 30.4 Å². The summed E-state index contributed by atoms with van der Waals surface area (Å²) in [5.41, 5.74) is 4.73. The van der Waals surface area contributed by atoms with Gasteiger partial charge in [0, 0.05) is 19.7 Å². The van der Waals surface area contributed by atoms with Crippen LogP contribution in [-0.4, -0.2) is 74.6 Å². The first-order chi connectivity index (χ1) is 15.0. The van der Waals surface area contributed by atoms with Crippen LogP contribution in [0.3, 0.4) is 0 Å². The Kier molecular flexibility index (Phi) is 6.65. The van der Waals surface area contributed by atoms with Crippen LogP contribution in [0.4, 0.5) is 0 Å². The standard InChI is InChI=1S/C20H27N5O7/c1-20(2,3)19(29)32-14-13(31-18(28)11-6-5-7-24(4)8-11)12(9-26)30-17(14)25-10-22-16(23-25)15(21)27/h5,7-8,10,12-14,17,26H,6,9H2,1-4H3,(H2,21,27)/t12-,13-,14-,17-/m1/s1. The molecule has 174 valence electrons. The largest absolute Gasteiger partial charge is 0.453 e. The summed E-state index contributed by atoms with van der Waals surface area (Å²) in [6.07, 6.45) is 2.34. The number of primary amides is 1. The Balaban J connectivity index is 1.91. The summed E-state index contributed by atoms with van der Waals surface area (Å²) in [5, 5.41) is 13.8. The first-order valence-electron chi connectivity index (χ1n) is 10.00. The predicted molar refractivity (Wildman–Crippen MR) is 108 cm³/mol. The minimum atomic E-state index is -1.16. The highest BCUT2D eigenvalue weighted by atomic mass is 16.6. The molecule has 1 saturated heterocycles. The lowest BCUT2D eigenvalue weighted by molar-refractivity contribution is -0.173. The van der Waals surface area contributed by atoms with E-state index in [1.807, 2.05) is 0 Å². The molecule has 0 aromatic carbocycles. The first kappa shape index (κ1) is 23.4. The molecule has 3 heterocycles. The molecule has 0 radical (unpaired) electrons. The number of carbonyl (C=O) groups is 3. The lowest BCUT2D eigenvalue weighted by Crippen LogP contribution is -2.42. The normalized spacial score (nSPS) is 25.4. The first-order valence-corrected chi connectivity index (χ1v) is 10.00. The Morgan fingerprint density at radius 3 is 2.56 bits per heavy atom. The number of rotatable bonds is 6. The van der Waals surface area contributed by atoms with Crippen LogP contribution in [0, 0.1) is 5.41 Å². The molecule has 1 aromatic heterocycles. The second-order valence-electron chi connectivity index (χ2n) is 8.56. The molecule has 12 heteroatoms. The Labute approximate surface area is 184 Å². The van der Waals surface area contributed by atoms with E-state index in [-0.39, 0.29) is 5.82 Å². The molecule has 1 aromatic rings. The number of amides is 1. The molecule has 2 aliphatic heterocycles. The van der Waals surface area contributed by atoms with Gasteiger partial charge in [0.05, 0.1) is 17.6 Å². The van der Waals surface area contributed by atoms with E-state index in [4.69, 9.17) is 19.9 Å². The zero-order chi connectivity index (χ0) is 23.6. The molecule has 0 aliphatic carbocycles. The van der Waals surface area contributed by atoms with Crippen molar-refractivity contribution in [2.45, 2.75) is 51.7 Å². The zero-order valence-corrected chi connectivity index (χ0v) is 18.3. The Morgan fingerprint density at radius 2 is 2.00 bits per heavy atom.